The van der Waals surface area contributed by atoms with E-state index in [0.29, 0.717) is 11.3 Å². The molecule has 0 heterocycles. The fraction of sp³-hybridized carbons (Fsp3) is 0.143. The van der Waals surface area contributed by atoms with Crippen molar-refractivity contribution < 1.29 is 9.85 Å². The van der Waals surface area contributed by atoms with Crippen molar-refractivity contribution in [1.29, 1.82) is 0 Å². The van der Waals surface area contributed by atoms with Gasteiger partial charge in [-0.3, -0.25) is 20.2 Å². The van der Waals surface area contributed by atoms with Gasteiger partial charge in [-0.05, 0) is 12.5 Å². The Balaban J connectivity index is 2.22. The third-order valence-electron chi connectivity index (χ3n) is 3.09. The maximum absolute atomic E-state index is 10.9. The molecule has 7 nitrogen and oxygen atoms in total. The summed E-state index contributed by atoms with van der Waals surface area (Å²) < 4.78 is 0. The van der Waals surface area contributed by atoms with Crippen molar-refractivity contribution in [1.82, 2.24) is 0 Å². The van der Waals surface area contributed by atoms with Gasteiger partial charge in [0.2, 0.25) is 0 Å². The van der Waals surface area contributed by atoms with Crippen LogP contribution in [0.15, 0.2) is 42.5 Å². The van der Waals surface area contributed by atoms with Crippen molar-refractivity contribution >= 4 is 17.1 Å². The molecule has 2 rings (SSSR count). The maximum Gasteiger partial charge on any atom is 0.274 e. The second-order valence-corrected chi connectivity index (χ2v) is 4.50. The summed E-state index contributed by atoms with van der Waals surface area (Å²) in [6.45, 7) is 2.03. The van der Waals surface area contributed by atoms with Crippen LogP contribution in [0.25, 0.3) is 0 Å². The van der Waals surface area contributed by atoms with Crippen LogP contribution in [0.1, 0.15) is 11.1 Å². The highest BCUT2D eigenvalue weighted by molar-refractivity contribution is 5.57. The Morgan fingerprint density at radius 1 is 1.05 bits per heavy atom. The number of non-ortho nitro benzene ring substituents is 1. The predicted octanol–water partition coefficient (Wildman–Crippen LogP) is 3.42. The normalized spacial score (nSPS) is 10.1. The number of para-hydroxylation sites is 1. The van der Waals surface area contributed by atoms with Gasteiger partial charge < -0.3 is 5.32 Å². The number of aryl methyl sites for hydroxylation is 1. The third kappa shape index (κ3) is 3.33. The Morgan fingerprint density at radius 2 is 1.76 bits per heavy atom. The van der Waals surface area contributed by atoms with Gasteiger partial charge in [0.05, 0.1) is 9.85 Å². The van der Waals surface area contributed by atoms with E-state index in [-0.39, 0.29) is 17.9 Å². The average Bonchev–Trinajstić information content (AvgIpc) is 2.46. The molecule has 0 radical (unpaired) electrons. The van der Waals surface area contributed by atoms with Gasteiger partial charge in [-0.1, -0.05) is 24.3 Å². The first-order valence-electron chi connectivity index (χ1n) is 6.20. The molecule has 2 aromatic rings. The zero-order chi connectivity index (χ0) is 15.4. The van der Waals surface area contributed by atoms with E-state index in [1.807, 2.05) is 6.92 Å². The Kier molecular flexibility index (Phi) is 4.13. The van der Waals surface area contributed by atoms with Crippen LogP contribution in [0.5, 0.6) is 0 Å². The second kappa shape index (κ2) is 6.00. The van der Waals surface area contributed by atoms with Gasteiger partial charge in [0.15, 0.2) is 0 Å². The van der Waals surface area contributed by atoms with E-state index in [0.717, 1.165) is 5.56 Å². The molecule has 7 heteroatoms. The fourth-order valence-electron chi connectivity index (χ4n) is 1.94. The van der Waals surface area contributed by atoms with Crippen molar-refractivity contribution in [3.05, 3.63) is 73.8 Å². The number of nitrogens with one attached hydrogen (secondary N) is 1. The Morgan fingerprint density at radius 3 is 2.43 bits per heavy atom. The lowest BCUT2D eigenvalue weighted by atomic mass is 10.1. The highest BCUT2D eigenvalue weighted by atomic mass is 16.6. The van der Waals surface area contributed by atoms with Gasteiger partial charge in [0, 0.05) is 36.0 Å². The van der Waals surface area contributed by atoms with E-state index in [2.05, 4.69) is 5.32 Å². The molecular weight excluding hydrogens is 274 g/mol. The van der Waals surface area contributed by atoms with Gasteiger partial charge in [-0.25, -0.2) is 0 Å². The molecule has 21 heavy (non-hydrogen) atoms. The van der Waals surface area contributed by atoms with Crippen LogP contribution in [0.4, 0.5) is 17.1 Å². The molecule has 0 aromatic heterocycles. The zero-order valence-electron chi connectivity index (χ0n) is 11.3. The van der Waals surface area contributed by atoms with Crippen LogP contribution >= 0.6 is 0 Å². The first-order chi connectivity index (χ1) is 9.99. The lowest BCUT2D eigenvalue weighted by Gasteiger charge is -2.09. The quantitative estimate of drug-likeness (QED) is 0.671. The number of nitro groups is 2. The van der Waals surface area contributed by atoms with E-state index in [4.69, 9.17) is 0 Å². The molecule has 0 spiro atoms. The van der Waals surface area contributed by atoms with Gasteiger partial charge >= 0.3 is 0 Å². The van der Waals surface area contributed by atoms with Crippen molar-refractivity contribution in [3.8, 4) is 0 Å². The van der Waals surface area contributed by atoms with E-state index < -0.39 is 9.85 Å². The lowest BCUT2D eigenvalue weighted by Crippen LogP contribution is -2.04. The standard InChI is InChI=1S/C14H13N3O4/c1-10-6-7-12(16(18)19)8-13(10)15-9-11-4-2-3-5-14(11)17(20)21/h2-8,15H,9H2,1H3. The number of nitrogens with zero attached hydrogens (tertiary/aromatic N) is 2. The van der Waals surface area contributed by atoms with Gasteiger partial charge in [-0.2, -0.15) is 0 Å². The number of nitro benzene ring substituents is 2. The molecule has 0 aliphatic rings. The molecule has 0 atom stereocenters. The molecule has 0 fully saturated rings. The minimum Gasteiger partial charge on any atom is -0.380 e. The Hall–Kier alpha value is -2.96. The van der Waals surface area contributed by atoms with Crippen LogP contribution in [0.2, 0.25) is 0 Å². The van der Waals surface area contributed by atoms with Crippen LogP contribution in [-0.2, 0) is 6.54 Å². The number of rotatable bonds is 5. The molecule has 2 aromatic carbocycles. The summed E-state index contributed by atoms with van der Waals surface area (Å²) in [5.41, 5.74) is 1.94. The number of anilines is 1. The monoisotopic (exact) mass is 287 g/mol. The molecule has 0 aliphatic heterocycles. The summed E-state index contributed by atoms with van der Waals surface area (Å²) in [5, 5.41) is 24.7. The van der Waals surface area contributed by atoms with Crippen LogP contribution in [0, 0.1) is 27.2 Å². The van der Waals surface area contributed by atoms with Crippen LogP contribution in [-0.4, -0.2) is 9.85 Å². The van der Waals surface area contributed by atoms with Crippen LogP contribution in [0.3, 0.4) is 0 Å². The summed E-state index contributed by atoms with van der Waals surface area (Å²) >= 11 is 0. The molecule has 0 bridgehead atoms. The van der Waals surface area contributed by atoms with E-state index in [1.54, 1.807) is 24.3 Å². The van der Waals surface area contributed by atoms with Crippen LogP contribution < -0.4 is 5.32 Å². The summed E-state index contributed by atoms with van der Waals surface area (Å²) in [4.78, 5) is 20.8. The van der Waals surface area contributed by atoms with E-state index >= 15 is 0 Å². The average molecular weight is 287 g/mol. The largest absolute Gasteiger partial charge is 0.380 e. The predicted molar refractivity (Wildman–Crippen MR) is 78.3 cm³/mol. The molecule has 0 aliphatic carbocycles. The summed E-state index contributed by atoms with van der Waals surface area (Å²) in [6.07, 6.45) is 0. The van der Waals surface area contributed by atoms with Gasteiger partial charge in [0.25, 0.3) is 11.4 Å². The zero-order valence-corrected chi connectivity index (χ0v) is 11.3. The fourth-order valence-corrected chi connectivity index (χ4v) is 1.94. The summed E-state index contributed by atoms with van der Waals surface area (Å²) in [7, 11) is 0. The number of hydrogen-bond acceptors (Lipinski definition) is 5. The number of benzene rings is 2. The van der Waals surface area contributed by atoms with Crippen molar-refractivity contribution in [2.45, 2.75) is 13.5 Å². The van der Waals surface area contributed by atoms with Crippen molar-refractivity contribution in [3.63, 3.8) is 0 Å². The summed E-state index contributed by atoms with van der Waals surface area (Å²) in [5.74, 6) is 0. The number of hydrogen-bond donors (Lipinski definition) is 1. The minimum absolute atomic E-state index is 0.0214. The molecule has 0 saturated carbocycles. The first kappa shape index (κ1) is 14.4. The molecule has 108 valence electrons. The minimum atomic E-state index is -0.477. The van der Waals surface area contributed by atoms with Crippen molar-refractivity contribution in [2.24, 2.45) is 0 Å². The van der Waals surface area contributed by atoms with E-state index in [9.17, 15) is 20.2 Å². The Labute approximate surface area is 120 Å². The third-order valence-corrected chi connectivity index (χ3v) is 3.09. The highest BCUT2D eigenvalue weighted by Crippen LogP contribution is 2.24. The maximum atomic E-state index is 10.9. The van der Waals surface area contributed by atoms with Gasteiger partial charge in [-0.15, -0.1) is 0 Å². The Bertz CT molecular complexity index is 700. The first-order valence-corrected chi connectivity index (χ1v) is 6.20. The molecular formula is C14H13N3O4. The van der Waals surface area contributed by atoms with E-state index in [1.165, 1.54) is 18.2 Å². The summed E-state index contributed by atoms with van der Waals surface area (Å²) in [6, 6.07) is 10.9. The molecule has 0 saturated heterocycles. The highest BCUT2D eigenvalue weighted by Gasteiger charge is 2.13. The van der Waals surface area contributed by atoms with Crippen molar-refractivity contribution in [2.75, 3.05) is 5.32 Å². The smallest absolute Gasteiger partial charge is 0.274 e. The second-order valence-electron chi connectivity index (χ2n) is 4.50. The molecule has 0 amide bonds. The molecule has 0 unspecified atom stereocenters. The molecule has 1 N–H and O–H groups in total. The SMILES string of the molecule is Cc1ccc([N+](=O)[O-])cc1NCc1ccccc1[N+](=O)[O-]. The topological polar surface area (TPSA) is 98.3 Å². The lowest BCUT2D eigenvalue weighted by molar-refractivity contribution is -0.385. The van der Waals surface area contributed by atoms with Gasteiger partial charge in [0.1, 0.15) is 0 Å².